The molecule has 0 atom stereocenters. The highest BCUT2D eigenvalue weighted by Gasteiger charge is 2.18. The molecule has 5 rings (SSSR count). The minimum atomic E-state index is -0.318. The second-order valence-electron chi connectivity index (χ2n) is 7.72. The van der Waals surface area contributed by atoms with E-state index in [4.69, 9.17) is 14.5 Å². The number of nitriles is 1. The van der Waals surface area contributed by atoms with Crippen LogP contribution in [-0.4, -0.2) is 23.6 Å². The number of methoxy groups -OCH3 is 2. The van der Waals surface area contributed by atoms with Gasteiger partial charge in [0.1, 0.15) is 28.9 Å². The summed E-state index contributed by atoms with van der Waals surface area (Å²) in [6, 6.07) is 23.9. The van der Waals surface area contributed by atoms with Crippen molar-refractivity contribution in [3.8, 4) is 28.8 Å². The summed E-state index contributed by atoms with van der Waals surface area (Å²) >= 11 is 0. The van der Waals surface area contributed by atoms with Crippen LogP contribution in [0.4, 0.5) is 4.39 Å². The van der Waals surface area contributed by atoms with Gasteiger partial charge in [0.15, 0.2) is 5.65 Å². The summed E-state index contributed by atoms with van der Waals surface area (Å²) in [7, 11) is 3.21. The Morgan fingerprint density at radius 1 is 0.912 bits per heavy atom. The van der Waals surface area contributed by atoms with Crippen LogP contribution < -0.4 is 9.47 Å². The van der Waals surface area contributed by atoms with Gasteiger partial charge in [-0.25, -0.2) is 9.37 Å². The SMILES string of the molecule is COc1cc(OC)cc(-c2cc(C=Cc3cccc(F)c3)c(C#N)c3nc4ccccc4n23)c1. The van der Waals surface area contributed by atoms with Crippen LogP contribution in [0.25, 0.3) is 40.1 Å². The van der Waals surface area contributed by atoms with Crippen LogP contribution in [0, 0.1) is 17.1 Å². The molecule has 0 saturated heterocycles. The van der Waals surface area contributed by atoms with E-state index in [-0.39, 0.29) is 5.82 Å². The summed E-state index contributed by atoms with van der Waals surface area (Å²) in [5.74, 6) is 0.975. The highest BCUT2D eigenvalue weighted by atomic mass is 19.1. The van der Waals surface area contributed by atoms with Gasteiger partial charge in [-0.3, -0.25) is 4.40 Å². The fourth-order valence-electron chi connectivity index (χ4n) is 4.06. The number of pyridine rings is 1. The van der Waals surface area contributed by atoms with Crippen LogP contribution in [-0.2, 0) is 0 Å². The van der Waals surface area contributed by atoms with Crippen molar-refractivity contribution >= 4 is 28.8 Å². The molecule has 166 valence electrons. The average Bonchev–Trinajstić information content (AvgIpc) is 3.26. The van der Waals surface area contributed by atoms with Crippen LogP contribution >= 0.6 is 0 Å². The molecule has 0 aliphatic carbocycles. The Balaban J connectivity index is 1.83. The highest BCUT2D eigenvalue weighted by molar-refractivity contribution is 5.89. The molecule has 6 heteroatoms. The molecule has 3 aromatic carbocycles. The quantitative estimate of drug-likeness (QED) is 0.314. The number of imidazole rings is 1. The third kappa shape index (κ3) is 3.74. The van der Waals surface area contributed by atoms with Crippen molar-refractivity contribution in [1.29, 1.82) is 5.26 Å². The van der Waals surface area contributed by atoms with E-state index in [1.807, 2.05) is 59.0 Å². The van der Waals surface area contributed by atoms with Gasteiger partial charge < -0.3 is 9.47 Å². The van der Waals surface area contributed by atoms with Crippen LogP contribution in [0.5, 0.6) is 11.5 Å². The van der Waals surface area contributed by atoms with Crippen molar-refractivity contribution in [3.05, 3.63) is 95.3 Å². The maximum atomic E-state index is 13.7. The highest BCUT2D eigenvalue weighted by Crippen LogP contribution is 2.34. The van der Waals surface area contributed by atoms with Gasteiger partial charge in [0, 0.05) is 11.6 Å². The molecule has 0 spiro atoms. The lowest BCUT2D eigenvalue weighted by Crippen LogP contribution is -1.99. The largest absolute Gasteiger partial charge is 0.497 e. The van der Waals surface area contributed by atoms with E-state index in [9.17, 15) is 9.65 Å². The normalized spacial score (nSPS) is 11.2. The first-order valence-electron chi connectivity index (χ1n) is 10.6. The summed E-state index contributed by atoms with van der Waals surface area (Å²) in [6.45, 7) is 0. The standard InChI is InChI=1S/C28H20FN3O2/c1-33-22-13-20(14-23(16-22)34-2)27-15-19(11-10-18-6-5-7-21(29)12-18)24(17-30)28-31-25-8-3-4-9-26(25)32(27)28/h3-16H,1-2H3. The van der Waals surface area contributed by atoms with Crippen LogP contribution in [0.2, 0.25) is 0 Å². The molecule has 2 aromatic heterocycles. The van der Waals surface area contributed by atoms with Gasteiger partial charge in [-0.15, -0.1) is 0 Å². The molecular formula is C28H20FN3O2. The first-order valence-corrected chi connectivity index (χ1v) is 10.6. The van der Waals surface area contributed by atoms with Gasteiger partial charge in [0.2, 0.25) is 0 Å². The van der Waals surface area contributed by atoms with Crippen molar-refractivity contribution in [1.82, 2.24) is 9.38 Å². The predicted molar refractivity (Wildman–Crippen MR) is 131 cm³/mol. The molecule has 0 bridgehead atoms. The van der Waals surface area contributed by atoms with E-state index in [0.717, 1.165) is 22.3 Å². The van der Waals surface area contributed by atoms with E-state index in [1.54, 1.807) is 32.4 Å². The fraction of sp³-hybridized carbons (Fsp3) is 0.0714. The second kappa shape index (κ2) is 8.72. The molecule has 0 N–H and O–H groups in total. The minimum absolute atomic E-state index is 0.318. The van der Waals surface area contributed by atoms with Crippen LogP contribution in [0.3, 0.4) is 0 Å². The molecule has 34 heavy (non-hydrogen) atoms. The Morgan fingerprint density at radius 2 is 1.68 bits per heavy atom. The summed E-state index contributed by atoms with van der Waals surface area (Å²) < 4.78 is 26.6. The number of fused-ring (bicyclic) bond motifs is 3. The minimum Gasteiger partial charge on any atom is -0.497 e. The first-order chi connectivity index (χ1) is 16.6. The number of hydrogen-bond donors (Lipinski definition) is 0. The number of aromatic nitrogens is 2. The zero-order valence-electron chi connectivity index (χ0n) is 18.6. The van der Waals surface area contributed by atoms with Gasteiger partial charge in [-0.2, -0.15) is 5.26 Å². The van der Waals surface area contributed by atoms with E-state index in [2.05, 4.69) is 6.07 Å². The van der Waals surface area contributed by atoms with Gasteiger partial charge in [0.25, 0.3) is 0 Å². The molecule has 2 heterocycles. The lowest BCUT2D eigenvalue weighted by atomic mass is 10.0. The topological polar surface area (TPSA) is 59.5 Å². The number of benzene rings is 3. The van der Waals surface area contributed by atoms with Crippen molar-refractivity contribution in [2.45, 2.75) is 0 Å². The molecule has 0 unspecified atom stereocenters. The number of para-hydroxylation sites is 2. The van der Waals surface area contributed by atoms with Gasteiger partial charge in [-0.05, 0) is 53.6 Å². The predicted octanol–water partition coefficient (Wildman–Crippen LogP) is 6.35. The number of hydrogen-bond acceptors (Lipinski definition) is 4. The third-order valence-corrected chi connectivity index (χ3v) is 5.67. The zero-order valence-corrected chi connectivity index (χ0v) is 18.6. The van der Waals surface area contributed by atoms with E-state index < -0.39 is 0 Å². The monoisotopic (exact) mass is 449 g/mol. The van der Waals surface area contributed by atoms with Gasteiger partial charge in [-0.1, -0.05) is 36.4 Å². The van der Waals surface area contributed by atoms with E-state index >= 15 is 0 Å². The van der Waals surface area contributed by atoms with Crippen molar-refractivity contribution in [2.75, 3.05) is 14.2 Å². The lowest BCUT2D eigenvalue weighted by Gasteiger charge is -2.13. The number of nitrogens with zero attached hydrogens (tertiary/aromatic N) is 3. The Morgan fingerprint density at radius 3 is 2.38 bits per heavy atom. The fourth-order valence-corrected chi connectivity index (χ4v) is 4.06. The molecule has 0 radical (unpaired) electrons. The van der Waals surface area contributed by atoms with Crippen molar-refractivity contribution in [2.24, 2.45) is 0 Å². The number of halogens is 1. The number of rotatable bonds is 5. The van der Waals surface area contributed by atoms with Gasteiger partial charge in [0.05, 0.1) is 30.9 Å². The van der Waals surface area contributed by atoms with E-state index in [1.165, 1.54) is 12.1 Å². The van der Waals surface area contributed by atoms with Crippen LogP contribution in [0.15, 0.2) is 72.8 Å². The maximum absolute atomic E-state index is 13.7. The summed E-state index contributed by atoms with van der Waals surface area (Å²) in [4.78, 5) is 4.77. The molecule has 0 saturated carbocycles. The molecule has 0 aliphatic rings. The maximum Gasteiger partial charge on any atom is 0.157 e. The lowest BCUT2D eigenvalue weighted by molar-refractivity contribution is 0.394. The number of ether oxygens (including phenoxy) is 2. The molecule has 5 nitrogen and oxygen atoms in total. The summed E-state index contributed by atoms with van der Waals surface area (Å²) in [5.41, 5.74) is 5.67. The zero-order chi connectivity index (χ0) is 23.7. The smallest absolute Gasteiger partial charge is 0.157 e. The summed E-state index contributed by atoms with van der Waals surface area (Å²) in [6.07, 6.45) is 3.60. The van der Waals surface area contributed by atoms with Gasteiger partial charge >= 0.3 is 0 Å². The molecular weight excluding hydrogens is 429 g/mol. The Hall–Kier alpha value is -4.63. The van der Waals surface area contributed by atoms with Crippen LogP contribution in [0.1, 0.15) is 16.7 Å². The first kappa shape index (κ1) is 21.2. The van der Waals surface area contributed by atoms with Crippen molar-refractivity contribution < 1.29 is 13.9 Å². The average molecular weight is 449 g/mol. The Labute approximate surface area is 195 Å². The molecule has 0 fully saturated rings. The molecule has 5 aromatic rings. The third-order valence-electron chi connectivity index (χ3n) is 5.67. The molecule has 0 aliphatic heterocycles. The van der Waals surface area contributed by atoms with E-state index in [0.29, 0.717) is 33.8 Å². The Kier molecular flexibility index (Phi) is 5.44. The molecule has 0 amide bonds. The Bertz CT molecular complexity index is 1590. The second-order valence-corrected chi connectivity index (χ2v) is 7.72. The summed E-state index contributed by atoms with van der Waals surface area (Å²) in [5, 5.41) is 10.1. The van der Waals surface area contributed by atoms with Crippen molar-refractivity contribution in [3.63, 3.8) is 0 Å².